The molecular formula is C56H67IN8O6S2. The fourth-order valence-corrected chi connectivity index (χ4v) is 15.4. The maximum atomic E-state index is 14.3. The number of thioether (sulfide) groups is 2. The van der Waals surface area contributed by atoms with Crippen LogP contribution in [0.2, 0.25) is 0 Å². The van der Waals surface area contributed by atoms with Gasteiger partial charge in [0.1, 0.15) is 23.7 Å². The Morgan fingerprint density at radius 2 is 1.45 bits per heavy atom. The average molecular weight is 1140 g/mol. The Kier molecular flexibility index (Phi) is 14.1. The van der Waals surface area contributed by atoms with Crippen molar-refractivity contribution in [2.24, 2.45) is 23.2 Å². The minimum Gasteiger partial charge on any atom is -0.453 e. The van der Waals surface area contributed by atoms with Gasteiger partial charge >= 0.3 is 12.2 Å². The minimum absolute atomic E-state index is 0.0248. The summed E-state index contributed by atoms with van der Waals surface area (Å²) in [6.07, 6.45) is 20.2. The molecule has 2 saturated heterocycles. The van der Waals surface area contributed by atoms with Gasteiger partial charge in [-0.2, -0.15) is 23.5 Å². The van der Waals surface area contributed by atoms with Crippen molar-refractivity contribution in [2.75, 3.05) is 38.2 Å². The number of benzene rings is 2. The molecule has 4 bridgehead atoms. The molecule has 2 aromatic carbocycles. The van der Waals surface area contributed by atoms with Crippen LogP contribution in [0.4, 0.5) is 9.59 Å². The van der Waals surface area contributed by atoms with Gasteiger partial charge in [0.15, 0.2) is 0 Å². The topological polar surface area (TPSA) is 175 Å². The average Bonchev–Trinajstić information content (AvgIpc) is 4.15. The molecule has 73 heavy (non-hydrogen) atoms. The number of hydrogen-bond acceptors (Lipinski definition) is 10. The summed E-state index contributed by atoms with van der Waals surface area (Å²) in [6, 6.07) is 11.7. The van der Waals surface area contributed by atoms with Crippen LogP contribution in [0.5, 0.6) is 0 Å². The molecule has 2 aromatic heterocycles. The molecule has 0 radical (unpaired) electrons. The summed E-state index contributed by atoms with van der Waals surface area (Å²) in [6.45, 7) is 4.59. The summed E-state index contributed by atoms with van der Waals surface area (Å²) in [4.78, 5) is 75.0. The Hall–Kier alpha value is -4.75. The summed E-state index contributed by atoms with van der Waals surface area (Å²) in [5, 5.41) is 5.65. The standard InChI is InChI=1S/C56H67IN8O6S2/c1-29-40(57)27-49(64(29)52(66)43(17-19-72-5)62-54(68)70-3)51-59-41-14-10-32(24-45(41)61-51)36-22-35-28-56(2)38-13-8-30(7-9-31(36)23-39(35)56)21-37(38)33-11-15-42-46(25-33)60-50(58-42)48-26-34-12-16-47(34)65(48)53(67)44(18-20-73-6)63-55(69)71-4/h8,10-11,14-15,21,23-25,29,34-35,38,40,43-44,47-49H,7,9,12-13,16-20,22,26-28H2,1-6H3,(H,58,60)(H,59,61)(H,62,68)(H,63,69)/t29-,34-,35-,38?,40-,43+,44+,47-,48+,49+,56?/m1/s1. The van der Waals surface area contributed by atoms with E-state index in [0.717, 1.165) is 103 Å². The van der Waals surface area contributed by atoms with Gasteiger partial charge in [0.2, 0.25) is 11.8 Å². The first-order chi connectivity index (χ1) is 35.3. The van der Waals surface area contributed by atoms with E-state index < -0.39 is 24.3 Å². The number of carbonyl (C=O) groups excluding carboxylic acids is 4. The van der Waals surface area contributed by atoms with Crippen LogP contribution in [0.1, 0.15) is 119 Å². The first-order valence-corrected chi connectivity index (χ1v) is 30.1. The molecule has 4 heterocycles. The van der Waals surface area contributed by atoms with Crippen LogP contribution in [0.25, 0.3) is 33.2 Å². The van der Waals surface area contributed by atoms with Crippen molar-refractivity contribution in [2.45, 2.75) is 125 Å². The van der Waals surface area contributed by atoms with Gasteiger partial charge < -0.3 is 39.9 Å². The lowest BCUT2D eigenvalue weighted by Crippen LogP contribution is -2.53. The SMILES string of the molecule is COC(=O)N[C@@H](CCSC)C(=O)N1[C@H](C)[C@H](I)C[C@H]1c1nc2ccc(C3=C4C=C5[C@H](C3)CC5(C)C3CC=C(C=C3c3ccc5nc([C@@H]6C[C@H]7CC[C@H]7N6C(=O)[C@H](CCSC)NC(=O)OC)[nH]c5c3)CC4)cc2[nH]1. The Morgan fingerprint density at radius 1 is 0.836 bits per heavy atom. The highest BCUT2D eigenvalue weighted by atomic mass is 127. The second-order valence-electron chi connectivity index (χ2n) is 21.6. The van der Waals surface area contributed by atoms with E-state index in [4.69, 9.17) is 19.4 Å². The number of nitrogens with one attached hydrogen (secondary N) is 4. The van der Waals surface area contributed by atoms with Crippen LogP contribution in [-0.4, -0.2) is 120 Å². The Morgan fingerprint density at radius 3 is 2.07 bits per heavy atom. The molecule has 2 saturated carbocycles. The molecule has 386 valence electrons. The smallest absolute Gasteiger partial charge is 0.407 e. The number of methoxy groups -OCH3 is 2. The molecule has 17 heteroatoms. The number of aromatic nitrogens is 4. The van der Waals surface area contributed by atoms with E-state index in [0.29, 0.717) is 30.6 Å². The summed E-state index contributed by atoms with van der Waals surface area (Å²) in [7, 11) is 2.66. The fraction of sp³-hybridized carbons (Fsp3) is 0.536. The number of halogens is 1. The van der Waals surface area contributed by atoms with Crippen LogP contribution < -0.4 is 10.6 Å². The van der Waals surface area contributed by atoms with Gasteiger partial charge in [-0.1, -0.05) is 71.0 Å². The Balaban J connectivity index is 0.848. The van der Waals surface area contributed by atoms with Gasteiger partial charge in [-0.3, -0.25) is 9.59 Å². The fourth-order valence-electron chi connectivity index (χ4n) is 13.6. The molecule has 2 aliphatic heterocycles. The van der Waals surface area contributed by atoms with E-state index >= 15 is 0 Å². The molecule has 0 spiro atoms. The Bertz CT molecular complexity index is 3000. The first kappa shape index (κ1) is 50.4. The number of allylic oxidation sites excluding steroid dienone is 8. The zero-order valence-electron chi connectivity index (χ0n) is 42.6. The lowest BCUT2D eigenvalue weighted by atomic mass is 9.47. The van der Waals surface area contributed by atoms with Crippen LogP contribution in [-0.2, 0) is 19.1 Å². The molecule has 4 fully saturated rings. The van der Waals surface area contributed by atoms with E-state index in [1.165, 1.54) is 47.6 Å². The summed E-state index contributed by atoms with van der Waals surface area (Å²) < 4.78 is 10.1. The number of alkyl carbamates (subject to hydrolysis) is 2. The van der Waals surface area contributed by atoms with E-state index in [1.54, 1.807) is 29.1 Å². The van der Waals surface area contributed by atoms with E-state index in [1.807, 2.05) is 22.3 Å². The van der Waals surface area contributed by atoms with Gasteiger partial charge in [0, 0.05) is 16.0 Å². The summed E-state index contributed by atoms with van der Waals surface area (Å²) in [5.74, 6) is 4.18. The number of ether oxygens (including phenoxy) is 2. The van der Waals surface area contributed by atoms with E-state index in [-0.39, 0.29) is 45.3 Å². The highest BCUT2D eigenvalue weighted by Gasteiger charge is 2.54. The lowest BCUT2D eigenvalue weighted by molar-refractivity contribution is -0.138. The monoisotopic (exact) mass is 1140 g/mol. The molecule has 8 aliphatic rings. The number of alkyl halides is 1. The van der Waals surface area contributed by atoms with Crippen molar-refractivity contribution >= 4 is 103 Å². The number of amides is 4. The molecule has 2 unspecified atom stereocenters. The number of carbonyl (C=O) groups is 4. The van der Waals surface area contributed by atoms with Gasteiger partial charge in [-0.05, 0) is 177 Å². The molecular weight excluding hydrogens is 1070 g/mol. The second-order valence-corrected chi connectivity index (χ2v) is 25.2. The van der Waals surface area contributed by atoms with E-state index in [9.17, 15) is 19.2 Å². The second kappa shape index (κ2) is 20.4. The van der Waals surface area contributed by atoms with Crippen molar-refractivity contribution in [3.05, 3.63) is 94.1 Å². The zero-order chi connectivity index (χ0) is 50.9. The molecule has 4 N–H and O–H groups in total. The number of H-pyrrole nitrogens is 2. The minimum atomic E-state index is -0.683. The van der Waals surface area contributed by atoms with Gasteiger partial charge in [0.05, 0.1) is 48.4 Å². The number of imidazole rings is 2. The van der Waals surface area contributed by atoms with Crippen molar-refractivity contribution in [3.8, 4) is 0 Å². The van der Waals surface area contributed by atoms with Crippen LogP contribution in [0, 0.1) is 23.2 Å². The number of rotatable bonds is 14. The number of nitrogens with zero attached hydrogens (tertiary/aromatic N) is 4. The first-order valence-electron chi connectivity index (χ1n) is 26.1. The zero-order valence-corrected chi connectivity index (χ0v) is 46.4. The molecule has 12 rings (SSSR count). The molecule has 4 aromatic rings. The predicted molar refractivity (Wildman–Crippen MR) is 298 cm³/mol. The Labute approximate surface area is 449 Å². The quantitative estimate of drug-likeness (QED) is 0.0703. The van der Waals surface area contributed by atoms with Crippen molar-refractivity contribution in [3.63, 3.8) is 0 Å². The number of hydrogen-bond donors (Lipinski definition) is 4. The summed E-state index contributed by atoms with van der Waals surface area (Å²) >= 11 is 5.76. The van der Waals surface area contributed by atoms with Crippen LogP contribution in [0.3, 0.4) is 0 Å². The van der Waals surface area contributed by atoms with Crippen molar-refractivity contribution < 1.29 is 28.7 Å². The molecule has 11 atom stereocenters. The van der Waals surface area contributed by atoms with Gasteiger partial charge in [-0.25, -0.2) is 19.6 Å². The normalized spacial score (nSPS) is 28.9. The van der Waals surface area contributed by atoms with Gasteiger partial charge in [-0.15, -0.1) is 0 Å². The maximum Gasteiger partial charge on any atom is 0.407 e. The third-order valence-electron chi connectivity index (χ3n) is 17.7. The molecule has 14 nitrogen and oxygen atoms in total. The highest BCUT2D eigenvalue weighted by Crippen LogP contribution is 2.64. The largest absolute Gasteiger partial charge is 0.453 e. The summed E-state index contributed by atoms with van der Waals surface area (Å²) in [5.41, 5.74) is 13.4. The van der Waals surface area contributed by atoms with Gasteiger partial charge in [0.25, 0.3) is 0 Å². The van der Waals surface area contributed by atoms with Crippen molar-refractivity contribution in [1.82, 2.24) is 40.4 Å². The lowest BCUT2D eigenvalue weighted by Gasteiger charge is -2.56. The predicted octanol–water partition coefficient (Wildman–Crippen LogP) is 10.8. The number of aromatic amines is 2. The maximum absolute atomic E-state index is 14.3. The van der Waals surface area contributed by atoms with Crippen LogP contribution >= 0.6 is 46.1 Å². The third kappa shape index (κ3) is 9.11. The molecule has 6 aliphatic carbocycles. The van der Waals surface area contributed by atoms with Crippen LogP contribution in [0.15, 0.2) is 71.3 Å². The third-order valence-corrected chi connectivity index (χ3v) is 20.5. The molecule has 4 amide bonds. The highest BCUT2D eigenvalue weighted by molar-refractivity contribution is 14.1. The number of fused-ring (bicyclic) bond motifs is 5. The van der Waals surface area contributed by atoms with Crippen molar-refractivity contribution in [1.29, 1.82) is 0 Å². The van der Waals surface area contributed by atoms with E-state index in [2.05, 4.69) is 112 Å². The number of likely N-dealkylation sites (tertiary alicyclic amines) is 2.